The van der Waals surface area contributed by atoms with Gasteiger partial charge in [-0.05, 0) is 47.9 Å². The molecule has 0 spiro atoms. The highest BCUT2D eigenvalue weighted by molar-refractivity contribution is 14.1. The second-order valence-electron chi connectivity index (χ2n) is 3.64. The third kappa shape index (κ3) is 1.95. The summed E-state index contributed by atoms with van der Waals surface area (Å²) >= 11 is 3.87. The third-order valence-corrected chi connectivity index (χ3v) is 4.55. The number of hydrogen-bond acceptors (Lipinski definition) is 2. The lowest BCUT2D eigenvalue weighted by Gasteiger charge is -2.34. The lowest BCUT2D eigenvalue weighted by Crippen LogP contribution is -2.41. The normalized spacial score (nSPS) is 16.4. The maximum atomic E-state index is 11.9. The van der Waals surface area contributed by atoms with Crippen molar-refractivity contribution in [3.05, 3.63) is 19.9 Å². The Morgan fingerprint density at radius 2 is 2.36 bits per heavy atom. The first-order valence-electron chi connectivity index (χ1n) is 4.69. The van der Waals surface area contributed by atoms with Crippen molar-refractivity contribution in [2.24, 2.45) is 0 Å². The number of halogens is 1. The van der Waals surface area contributed by atoms with Crippen LogP contribution in [0.1, 0.15) is 29.6 Å². The van der Waals surface area contributed by atoms with E-state index in [9.17, 15) is 4.79 Å². The van der Waals surface area contributed by atoms with Crippen LogP contribution in [0.3, 0.4) is 0 Å². The molecule has 4 heteroatoms. The van der Waals surface area contributed by atoms with E-state index in [2.05, 4.69) is 22.6 Å². The van der Waals surface area contributed by atoms with Gasteiger partial charge in [0.15, 0.2) is 0 Å². The van der Waals surface area contributed by atoms with E-state index in [0.29, 0.717) is 6.04 Å². The Hall–Kier alpha value is -0.100. The zero-order valence-electron chi connectivity index (χ0n) is 8.00. The number of rotatable bonds is 2. The summed E-state index contributed by atoms with van der Waals surface area (Å²) in [5.41, 5.74) is 0.841. The van der Waals surface area contributed by atoms with Gasteiger partial charge in [0.05, 0.1) is 8.45 Å². The van der Waals surface area contributed by atoms with Gasteiger partial charge >= 0.3 is 0 Å². The average Bonchev–Trinajstić information content (AvgIpc) is 2.47. The van der Waals surface area contributed by atoms with Crippen molar-refractivity contribution < 1.29 is 4.79 Å². The van der Waals surface area contributed by atoms with Gasteiger partial charge in [-0.1, -0.05) is 0 Å². The molecule has 2 nitrogen and oxygen atoms in total. The van der Waals surface area contributed by atoms with E-state index in [1.165, 1.54) is 22.1 Å². The molecule has 0 atom stereocenters. The Morgan fingerprint density at radius 3 is 2.79 bits per heavy atom. The highest BCUT2D eigenvalue weighted by Crippen LogP contribution is 2.26. The summed E-state index contributed by atoms with van der Waals surface area (Å²) in [6.45, 7) is 0. The van der Waals surface area contributed by atoms with Crippen molar-refractivity contribution in [2.75, 3.05) is 7.05 Å². The Bertz CT molecular complexity index is 346. The van der Waals surface area contributed by atoms with Gasteiger partial charge in [-0.3, -0.25) is 4.79 Å². The highest BCUT2D eigenvalue weighted by atomic mass is 127. The van der Waals surface area contributed by atoms with Crippen LogP contribution in [0.4, 0.5) is 0 Å². The van der Waals surface area contributed by atoms with Gasteiger partial charge < -0.3 is 4.90 Å². The van der Waals surface area contributed by atoms with Crippen LogP contribution in [-0.4, -0.2) is 23.9 Å². The van der Waals surface area contributed by atoms with Gasteiger partial charge in [-0.25, -0.2) is 0 Å². The third-order valence-electron chi connectivity index (χ3n) is 2.76. The fourth-order valence-corrected chi connectivity index (χ4v) is 2.89. The lowest BCUT2D eigenvalue weighted by atomic mass is 9.91. The Balaban J connectivity index is 2.07. The number of amides is 1. The molecule has 0 N–H and O–H groups in total. The molecular formula is C10H12INOS. The Morgan fingerprint density at radius 1 is 1.64 bits per heavy atom. The number of thiophene rings is 1. The van der Waals surface area contributed by atoms with Crippen molar-refractivity contribution in [3.63, 3.8) is 0 Å². The summed E-state index contributed by atoms with van der Waals surface area (Å²) in [6.07, 6.45) is 3.61. The van der Waals surface area contributed by atoms with Crippen molar-refractivity contribution in [1.82, 2.24) is 4.90 Å². The van der Waals surface area contributed by atoms with Crippen LogP contribution in [0.5, 0.6) is 0 Å². The topological polar surface area (TPSA) is 20.3 Å². The standard InChI is InChI=1S/C10H12INOS/c1-12(8-3-2-4-8)10(13)7-5-9(11)14-6-7/h5-6,8H,2-4H2,1H3. The first-order valence-corrected chi connectivity index (χ1v) is 6.65. The number of carbonyl (C=O) groups is 1. The van der Waals surface area contributed by atoms with Crippen molar-refractivity contribution in [2.45, 2.75) is 25.3 Å². The van der Waals surface area contributed by atoms with Crippen molar-refractivity contribution >= 4 is 39.8 Å². The molecule has 1 aliphatic carbocycles. The molecule has 1 heterocycles. The molecule has 2 rings (SSSR count). The zero-order valence-corrected chi connectivity index (χ0v) is 11.0. The van der Waals surface area contributed by atoms with E-state index in [0.717, 1.165) is 5.56 Å². The minimum atomic E-state index is 0.175. The Kier molecular flexibility index (Phi) is 3.11. The second-order valence-corrected chi connectivity index (χ2v) is 6.45. The van der Waals surface area contributed by atoms with Crippen LogP contribution >= 0.6 is 33.9 Å². The summed E-state index contributed by atoms with van der Waals surface area (Å²) < 4.78 is 1.17. The van der Waals surface area contributed by atoms with E-state index in [-0.39, 0.29) is 5.91 Å². The van der Waals surface area contributed by atoms with Crippen LogP contribution in [0.25, 0.3) is 0 Å². The van der Waals surface area contributed by atoms with E-state index in [1.807, 2.05) is 23.4 Å². The summed E-state index contributed by atoms with van der Waals surface area (Å²) in [5, 5.41) is 1.94. The Labute approximate surface area is 101 Å². The summed E-state index contributed by atoms with van der Waals surface area (Å²) in [5.74, 6) is 0.175. The SMILES string of the molecule is CN(C(=O)c1csc(I)c1)C1CCC1. The quantitative estimate of drug-likeness (QED) is 0.767. The monoisotopic (exact) mass is 321 g/mol. The number of hydrogen-bond donors (Lipinski definition) is 0. The van der Waals surface area contributed by atoms with E-state index in [1.54, 1.807) is 11.3 Å². The maximum absolute atomic E-state index is 11.9. The van der Waals surface area contributed by atoms with E-state index >= 15 is 0 Å². The van der Waals surface area contributed by atoms with Crippen molar-refractivity contribution in [1.29, 1.82) is 0 Å². The van der Waals surface area contributed by atoms with Crippen LogP contribution < -0.4 is 0 Å². The summed E-state index contributed by atoms with van der Waals surface area (Å²) in [6, 6.07) is 2.45. The molecule has 76 valence electrons. The molecular weight excluding hydrogens is 309 g/mol. The van der Waals surface area contributed by atoms with Crippen LogP contribution in [0.2, 0.25) is 0 Å². The lowest BCUT2D eigenvalue weighted by molar-refractivity contribution is 0.0652. The van der Waals surface area contributed by atoms with Crippen LogP contribution in [-0.2, 0) is 0 Å². The maximum Gasteiger partial charge on any atom is 0.254 e. The van der Waals surface area contributed by atoms with Gasteiger partial charge in [-0.15, -0.1) is 11.3 Å². The fraction of sp³-hybridized carbons (Fsp3) is 0.500. The molecule has 1 fully saturated rings. The molecule has 14 heavy (non-hydrogen) atoms. The molecule has 1 aliphatic rings. The predicted molar refractivity (Wildman–Crippen MR) is 66.8 cm³/mol. The molecule has 0 aromatic carbocycles. The molecule has 0 radical (unpaired) electrons. The van der Waals surface area contributed by atoms with Crippen LogP contribution in [0, 0.1) is 2.88 Å². The van der Waals surface area contributed by atoms with Crippen LogP contribution in [0.15, 0.2) is 11.4 Å². The first-order chi connectivity index (χ1) is 6.68. The minimum absolute atomic E-state index is 0.175. The molecule has 0 unspecified atom stereocenters. The fourth-order valence-electron chi connectivity index (χ4n) is 1.57. The van der Waals surface area contributed by atoms with Gasteiger partial charge in [0.2, 0.25) is 0 Å². The van der Waals surface area contributed by atoms with E-state index in [4.69, 9.17) is 0 Å². The van der Waals surface area contributed by atoms with Gasteiger partial charge in [0, 0.05) is 18.5 Å². The van der Waals surface area contributed by atoms with E-state index < -0.39 is 0 Å². The summed E-state index contributed by atoms with van der Waals surface area (Å²) in [7, 11) is 1.91. The molecule has 0 saturated heterocycles. The number of nitrogens with zero attached hydrogens (tertiary/aromatic N) is 1. The molecule has 0 bridgehead atoms. The molecule has 0 aliphatic heterocycles. The second kappa shape index (κ2) is 4.18. The molecule has 1 aromatic rings. The zero-order chi connectivity index (χ0) is 10.1. The molecule has 1 saturated carbocycles. The van der Waals surface area contributed by atoms with Crippen molar-refractivity contribution in [3.8, 4) is 0 Å². The minimum Gasteiger partial charge on any atom is -0.339 e. The summed E-state index contributed by atoms with van der Waals surface area (Å²) in [4.78, 5) is 13.8. The largest absolute Gasteiger partial charge is 0.339 e. The number of carbonyl (C=O) groups excluding carboxylic acids is 1. The highest BCUT2D eigenvalue weighted by Gasteiger charge is 2.26. The smallest absolute Gasteiger partial charge is 0.254 e. The average molecular weight is 321 g/mol. The molecule has 1 aromatic heterocycles. The van der Waals surface area contributed by atoms with Gasteiger partial charge in [0.25, 0.3) is 5.91 Å². The van der Waals surface area contributed by atoms with Gasteiger partial charge in [-0.2, -0.15) is 0 Å². The predicted octanol–water partition coefficient (Wildman–Crippen LogP) is 2.98. The molecule has 1 amide bonds. The van der Waals surface area contributed by atoms with Gasteiger partial charge in [0.1, 0.15) is 0 Å². The first kappa shape index (κ1) is 10.4.